The highest BCUT2D eigenvalue weighted by atomic mass is 16.5. The molecule has 14 heavy (non-hydrogen) atoms. The molecule has 1 N–H and O–H groups in total. The molecule has 0 aromatic heterocycles. The fourth-order valence-corrected chi connectivity index (χ4v) is 1.12. The first kappa shape index (κ1) is 13.3. The second kappa shape index (κ2) is 5.91. The number of hydrogen-bond acceptors (Lipinski definition) is 3. The first-order valence-corrected chi connectivity index (χ1v) is 5.18. The van der Waals surface area contributed by atoms with Crippen LogP contribution in [0.1, 0.15) is 27.7 Å². The van der Waals surface area contributed by atoms with Crippen LogP contribution in [0.25, 0.3) is 0 Å². The molecule has 3 heteroatoms. The fourth-order valence-electron chi connectivity index (χ4n) is 1.12. The van der Waals surface area contributed by atoms with Crippen molar-refractivity contribution in [2.45, 2.75) is 33.3 Å². The number of ether oxygens (including phenoxy) is 1. The van der Waals surface area contributed by atoms with Crippen LogP contribution in [0.3, 0.4) is 0 Å². The average Bonchev–Trinajstić information content (AvgIpc) is 2.02. The monoisotopic (exact) mass is 200 g/mol. The molecule has 0 aliphatic carbocycles. The van der Waals surface area contributed by atoms with E-state index in [9.17, 15) is 0 Å². The molecule has 0 heterocycles. The summed E-state index contributed by atoms with van der Waals surface area (Å²) in [6, 6.07) is 0. The van der Waals surface area contributed by atoms with E-state index in [1.54, 1.807) is 0 Å². The van der Waals surface area contributed by atoms with Crippen molar-refractivity contribution in [1.29, 1.82) is 0 Å². The Morgan fingerprint density at radius 3 is 2.36 bits per heavy atom. The highest BCUT2D eigenvalue weighted by Gasteiger charge is 2.15. The Morgan fingerprint density at radius 2 is 2.00 bits per heavy atom. The van der Waals surface area contributed by atoms with Gasteiger partial charge < -0.3 is 15.0 Å². The van der Waals surface area contributed by atoms with Crippen molar-refractivity contribution in [1.82, 2.24) is 10.2 Å². The molecule has 0 radical (unpaired) electrons. The average molecular weight is 200 g/mol. The van der Waals surface area contributed by atoms with Gasteiger partial charge in [0, 0.05) is 19.6 Å². The van der Waals surface area contributed by atoms with Gasteiger partial charge in [-0.25, -0.2) is 0 Å². The standard InChI is InChI=1S/C11H24N2O/c1-7-13(9-8-12-6)10(2)14-11(3,4)5/h12H,2,7-9H2,1,3-6H3. The lowest BCUT2D eigenvalue weighted by molar-refractivity contribution is 0.00461. The molecule has 0 aliphatic heterocycles. The molecule has 0 aromatic carbocycles. The number of hydrogen-bond donors (Lipinski definition) is 1. The molecule has 0 aromatic rings. The molecular formula is C11H24N2O. The predicted octanol–water partition coefficient (Wildman–Crippen LogP) is 1.81. The lowest BCUT2D eigenvalue weighted by atomic mass is 10.2. The zero-order chi connectivity index (χ0) is 11.2. The predicted molar refractivity (Wildman–Crippen MR) is 61.2 cm³/mol. The Morgan fingerprint density at radius 1 is 1.43 bits per heavy atom. The molecule has 0 fully saturated rings. The van der Waals surface area contributed by atoms with Gasteiger partial charge in [0.25, 0.3) is 0 Å². The summed E-state index contributed by atoms with van der Waals surface area (Å²) < 4.78 is 5.69. The van der Waals surface area contributed by atoms with Crippen molar-refractivity contribution in [3.63, 3.8) is 0 Å². The van der Waals surface area contributed by atoms with Crippen molar-refractivity contribution in [2.24, 2.45) is 0 Å². The second-order valence-corrected chi connectivity index (χ2v) is 4.29. The number of nitrogens with zero attached hydrogens (tertiary/aromatic N) is 1. The quantitative estimate of drug-likeness (QED) is 0.662. The SMILES string of the molecule is C=C(OC(C)(C)C)N(CC)CCNC. The summed E-state index contributed by atoms with van der Waals surface area (Å²) in [5, 5.41) is 3.11. The summed E-state index contributed by atoms with van der Waals surface area (Å²) in [4.78, 5) is 2.13. The van der Waals surface area contributed by atoms with Crippen LogP contribution in [0.4, 0.5) is 0 Å². The van der Waals surface area contributed by atoms with E-state index in [1.807, 2.05) is 27.8 Å². The van der Waals surface area contributed by atoms with Gasteiger partial charge in [0.05, 0.1) is 0 Å². The van der Waals surface area contributed by atoms with Crippen molar-refractivity contribution in [2.75, 3.05) is 26.7 Å². The minimum Gasteiger partial charge on any atom is -0.474 e. The van der Waals surface area contributed by atoms with Gasteiger partial charge in [-0.2, -0.15) is 0 Å². The van der Waals surface area contributed by atoms with Gasteiger partial charge in [-0.1, -0.05) is 0 Å². The molecule has 0 rings (SSSR count). The smallest absolute Gasteiger partial charge is 0.182 e. The minimum atomic E-state index is -0.163. The molecule has 3 nitrogen and oxygen atoms in total. The van der Waals surface area contributed by atoms with Crippen molar-refractivity contribution in [3.05, 3.63) is 12.5 Å². The Labute approximate surface area is 88.1 Å². The minimum absolute atomic E-state index is 0.163. The molecule has 0 atom stereocenters. The molecule has 84 valence electrons. The van der Waals surface area contributed by atoms with Gasteiger partial charge in [0.15, 0.2) is 5.88 Å². The molecule has 0 saturated carbocycles. The maximum atomic E-state index is 5.69. The van der Waals surface area contributed by atoms with E-state index in [2.05, 4.69) is 23.7 Å². The largest absolute Gasteiger partial charge is 0.474 e. The number of nitrogens with one attached hydrogen (secondary N) is 1. The van der Waals surface area contributed by atoms with Crippen molar-refractivity contribution >= 4 is 0 Å². The van der Waals surface area contributed by atoms with Gasteiger partial charge in [-0.05, 0) is 41.3 Å². The first-order chi connectivity index (χ1) is 6.40. The van der Waals surface area contributed by atoms with Gasteiger partial charge in [0.2, 0.25) is 0 Å². The molecule has 0 amide bonds. The van der Waals surface area contributed by atoms with E-state index in [4.69, 9.17) is 4.74 Å². The van der Waals surface area contributed by atoms with Gasteiger partial charge in [-0.15, -0.1) is 0 Å². The van der Waals surface area contributed by atoms with Gasteiger partial charge in [-0.3, -0.25) is 0 Å². The highest BCUT2D eigenvalue weighted by Crippen LogP contribution is 2.14. The van der Waals surface area contributed by atoms with Crippen LogP contribution in [0.2, 0.25) is 0 Å². The Kier molecular flexibility index (Phi) is 5.62. The Bertz CT molecular complexity index is 173. The molecular weight excluding hydrogens is 176 g/mol. The van der Waals surface area contributed by atoms with E-state index in [0.29, 0.717) is 0 Å². The maximum Gasteiger partial charge on any atom is 0.182 e. The zero-order valence-corrected chi connectivity index (χ0v) is 10.2. The third kappa shape index (κ3) is 5.86. The fraction of sp³-hybridized carbons (Fsp3) is 0.818. The lowest BCUT2D eigenvalue weighted by Gasteiger charge is -2.30. The molecule has 0 spiro atoms. The van der Waals surface area contributed by atoms with E-state index in [1.165, 1.54) is 0 Å². The third-order valence-electron chi connectivity index (χ3n) is 1.79. The van der Waals surface area contributed by atoms with Crippen LogP contribution in [-0.4, -0.2) is 37.2 Å². The number of likely N-dealkylation sites (N-methyl/N-ethyl adjacent to an activating group) is 2. The van der Waals surface area contributed by atoms with Crippen molar-refractivity contribution in [3.8, 4) is 0 Å². The Hall–Kier alpha value is -0.700. The molecule has 0 unspecified atom stereocenters. The maximum absolute atomic E-state index is 5.69. The Balaban J connectivity index is 4.04. The third-order valence-corrected chi connectivity index (χ3v) is 1.79. The highest BCUT2D eigenvalue weighted by molar-refractivity contribution is 4.86. The summed E-state index contributed by atoms with van der Waals surface area (Å²) >= 11 is 0. The van der Waals surface area contributed by atoms with Crippen LogP contribution >= 0.6 is 0 Å². The van der Waals surface area contributed by atoms with Crippen molar-refractivity contribution < 1.29 is 4.74 Å². The lowest BCUT2D eigenvalue weighted by Crippen LogP contribution is -2.33. The van der Waals surface area contributed by atoms with E-state index in [0.717, 1.165) is 25.5 Å². The summed E-state index contributed by atoms with van der Waals surface area (Å²) in [5.74, 6) is 0.759. The number of rotatable bonds is 6. The van der Waals surface area contributed by atoms with Crippen LogP contribution in [-0.2, 0) is 4.74 Å². The second-order valence-electron chi connectivity index (χ2n) is 4.29. The van der Waals surface area contributed by atoms with E-state index >= 15 is 0 Å². The molecule has 0 bridgehead atoms. The van der Waals surface area contributed by atoms with Crippen LogP contribution in [0, 0.1) is 0 Å². The summed E-state index contributed by atoms with van der Waals surface area (Å²) in [7, 11) is 1.95. The molecule has 0 aliphatic rings. The summed E-state index contributed by atoms with van der Waals surface area (Å²) in [5.41, 5.74) is -0.163. The van der Waals surface area contributed by atoms with E-state index in [-0.39, 0.29) is 5.60 Å². The zero-order valence-electron chi connectivity index (χ0n) is 10.2. The normalized spacial score (nSPS) is 11.2. The summed E-state index contributed by atoms with van der Waals surface area (Å²) in [6.45, 7) is 14.9. The van der Waals surface area contributed by atoms with Crippen LogP contribution < -0.4 is 5.32 Å². The van der Waals surface area contributed by atoms with Crippen LogP contribution in [0.15, 0.2) is 12.5 Å². The summed E-state index contributed by atoms with van der Waals surface area (Å²) in [6.07, 6.45) is 0. The van der Waals surface area contributed by atoms with Crippen LogP contribution in [0.5, 0.6) is 0 Å². The topological polar surface area (TPSA) is 24.5 Å². The molecule has 0 saturated heterocycles. The first-order valence-electron chi connectivity index (χ1n) is 5.18. The van der Waals surface area contributed by atoms with Gasteiger partial charge >= 0.3 is 0 Å². The van der Waals surface area contributed by atoms with Gasteiger partial charge in [0.1, 0.15) is 5.60 Å². The van der Waals surface area contributed by atoms with E-state index < -0.39 is 0 Å².